The minimum atomic E-state index is -0.376. The van der Waals surface area contributed by atoms with Gasteiger partial charge in [-0.3, -0.25) is 14.7 Å². The van der Waals surface area contributed by atoms with Gasteiger partial charge in [0.2, 0.25) is 5.91 Å². The molecule has 9 heteroatoms. The first-order valence-electron chi connectivity index (χ1n) is 13.6. The van der Waals surface area contributed by atoms with E-state index in [1.165, 1.54) is 0 Å². The first-order valence-corrected chi connectivity index (χ1v) is 13.6. The smallest absolute Gasteiger partial charge is 0.323 e. The second-order valence-electron chi connectivity index (χ2n) is 10.7. The van der Waals surface area contributed by atoms with Crippen molar-refractivity contribution in [1.82, 2.24) is 14.8 Å². The van der Waals surface area contributed by atoms with Crippen LogP contribution in [0.25, 0.3) is 0 Å². The van der Waals surface area contributed by atoms with E-state index in [0.717, 1.165) is 17.7 Å². The lowest BCUT2D eigenvalue weighted by Gasteiger charge is -2.34. The van der Waals surface area contributed by atoms with Crippen LogP contribution in [-0.2, 0) is 17.8 Å². The van der Waals surface area contributed by atoms with E-state index in [2.05, 4.69) is 27.4 Å². The van der Waals surface area contributed by atoms with E-state index < -0.39 is 0 Å². The second-order valence-corrected chi connectivity index (χ2v) is 10.7. The summed E-state index contributed by atoms with van der Waals surface area (Å²) in [5.41, 5.74) is 4.18. The van der Waals surface area contributed by atoms with Crippen LogP contribution in [0.1, 0.15) is 30.5 Å². The summed E-state index contributed by atoms with van der Waals surface area (Å²) in [4.78, 5) is 34.1. The van der Waals surface area contributed by atoms with Crippen molar-refractivity contribution in [3.63, 3.8) is 0 Å². The molecule has 3 N–H and O–H groups in total. The van der Waals surface area contributed by atoms with E-state index in [-0.39, 0.29) is 43.0 Å². The second kappa shape index (κ2) is 13.4. The summed E-state index contributed by atoms with van der Waals surface area (Å²) in [5.74, 6) is 0.526. The fourth-order valence-corrected chi connectivity index (χ4v) is 4.83. The molecule has 0 aliphatic carbocycles. The number of urea groups is 1. The summed E-state index contributed by atoms with van der Waals surface area (Å²) in [6, 6.07) is 16.2. The Morgan fingerprint density at radius 3 is 2.50 bits per heavy atom. The van der Waals surface area contributed by atoms with Crippen molar-refractivity contribution in [2.24, 2.45) is 5.92 Å². The molecule has 4 rings (SSSR count). The number of nitrogens with one attached hydrogen (secondary N) is 2. The van der Waals surface area contributed by atoms with Gasteiger partial charge >= 0.3 is 6.03 Å². The molecule has 0 radical (unpaired) electrons. The molecular formula is C31H39N5O4. The molecular weight excluding hydrogens is 506 g/mol. The number of benzene rings is 2. The molecule has 3 unspecified atom stereocenters. The number of aryl methyl sites for hydroxylation is 1. The predicted octanol–water partition coefficient (Wildman–Crippen LogP) is 4.32. The highest BCUT2D eigenvalue weighted by atomic mass is 16.5. The van der Waals surface area contributed by atoms with Crippen molar-refractivity contribution in [2.75, 3.05) is 37.4 Å². The number of aliphatic hydroxyl groups excluding tert-OH is 1. The summed E-state index contributed by atoms with van der Waals surface area (Å²) in [5, 5.41) is 15.6. The molecule has 0 saturated heterocycles. The molecule has 3 atom stereocenters. The molecule has 9 nitrogen and oxygen atoms in total. The zero-order valence-corrected chi connectivity index (χ0v) is 23.6. The normalized spacial score (nSPS) is 18.1. The molecule has 40 heavy (non-hydrogen) atoms. The molecule has 0 bridgehead atoms. The summed E-state index contributed by atoms with van der Waals surface area (Å²) >= 11 is 0. The van der Waals surface area contributed by atoms with Gasteiger partial charge in [-0.2, -0.15) is 0 Å². The number of nitrogens with zero attached hydrogens (tertiary/aromatic N) is 3. The van der Waals surface area contributed by atoms with E-state index in [4.69, 9.17) is 4.74 Å². The largest absolute Gasteiger partial charge is 0.488 e. The van der Waals surface area contributed by atoms with Crippen molar-refractivity contribution in [3.8, 4) is 5.75 Å². The Bertz CT molecular complexity index is 1280. The van der Waals surface area contributed by atoms with Gasteiger partial charge in [0.1, 0.15) is 11.9 Å². The van der Waals surface area contributed by atoms with Crippen LogP contribution in [0.3, 0.4) is 0 Å². The number of hydrogen-bond donors (Lipinski definition) is 3. The molecule has 2 aromatic carbocycles. The lowest BCUT2D eigenvalue weighted by atomic mass is 10.0. The maximum atomic E-state index is 13.4. The van der Waals surface area contributed by atoms with Gasteiger partial charge < -0.3 is 25.4 Å². The topological polar surface area (TPSA) is 107 Å². The quantitative estimate of drug-likeness (QED) is 0.389. The van der Waals surface area contributed by atoms with Gasteiger partial charge in [0.15, 0.2) is 0 Å². The zero-order chi connectivity index (χ0) is 28.6. The lowest BCUT2D eigenvalue weighted by molar-refractivity contribution is -0.134. The van der Waals surface area contributed by atoms with Crippen LogP contribution >= 0.6 is 0 Å². The van der Waals surface area contributed by atoms with Gasteiger partial charge in [0.25, 0.3) is 0 Å². The van der Waals surface area contributed by atoms with Crippen molar-refractivity contribution in [1.29, 1.82) is 0 Å². The monoisotopic (exact) mass is 545 g/mol. The van der Waals surface area contributed by atoms with Crippen molar-refractivity contribution < 1.29 is 19.4 Å². The molecule has 1 aromatic heterocycles. The minimum absolute atomic E-state index is 0.00174. The fourth-order valence-electron chi connectivity index (χ4n) is 4.83. The number of aliphatic hydroxyl groups is 1. The standard InChI is InChI=1S/C31H39N5O4/c1-21-5-7-26(8-6-21)33-31(39)34-27-9-10-28-25(15-27)16-30(38)36(23(3)20-37)17-22(2)29(40-28)19-35(4)18-24-11-13-32-14-12-24/h5-15,22-23,29,37H,16-20H2,1-4H3,(H2,33,34,39). The van der Waals surface area contributed by atoms with Crippen LogP contribution in [0.4, 0.5) is 16.2 Å². The average Bonchev–Trinajstić information content (AvgIpc) is 2.97. The number of anilines is 2. The summed E-state index contributed by atoms with van der Waals surface area (Å²) in [6.45, 7) is 7.62. The highest BCUT2D eigenvalue weighted by Gasteiger charge is 2.31. The number of rotatable bonds is 8. The molecule has 0 spiro atoms. The third-order valence-electron chi connectivity index (χ3n) is 7.18. The van der Waals surface area contributed by atoms with Crippen molar-refractivity contribution in [3.05, 3.63) is 83.7 Å². The van der Waals surface area contributed by atoms with Crippen LogP contribution in [0, 0.1) is 12.8 Å². The average molecular weight is 546 g/mol. The maximum Gasteiger partial charge on any atom is 0.323 e. The number of amides is 3. The van der Waals surface area contributed by atoms with Gasteiger partial charge in [-0.15, -0.1) is 0 Å². The van der Waals surface area contributed by atoms with Gasteiger partial charge in [-0.05, 0) is 68.9 Å². The van der Waals surface area contributed by atoms with Gasteiger partial charge in [-0.1, -0.05) is 24.6 Å². The highest BCUT2D eigenvalue weighted by molar-refractivity contribution is 6.00. The molecule has 1 aliphatic rings. The zero-order valence-electron chi connectivity index (χ0n) is 23.6. The van der Waals surface area contributed by atoms with Crippen LogP contribution in [0.15, 0.2) is 67.0 Å². The number of ether oxygens (including phenoxy) is 1. The minimum Gasteiger partial charge on any atom is -0.488 e. The highest BCUT2D eigenvalue weighted by Crippen LogP contribution is 2.29. The van der Waals surface area contributed by atoms with Crippen molar-refractivity contribution in [2.45, 2.75) is 45.9 Å². The number of aromatic nitrogens is 1. The molecule has 3 aromatic rings. The Morgan fingerprint density at radius 1 is 1.12 bits per heavy atom. The van der Waals surface area contributed by atoms with Crippen LogP contribution in [0.2, 0.25) is 0 Å². The van der Waals surface area contributed by atoms with Gasteiger partial charge in [-0.25, -0.2) is 4.79 Å². The van der Waals surface area contributed by atoms with E-state index in [9.17, 15) is 14.7 Å². The Balaban J connectivity index is 1.55. The van der Waals surface area contributed by atoms with Crippen molar-refractivity contribution >= 4 is 23.3 Å². The number of fused-ring (bicyclic) bond motifs is 1. The Hall–Kier alpha value is -3.95. The molecule has 0 saturated carbocycles. The molecule has 0 fully saturated rings. The number of hydrogen-bond acceptors (Lipinski definition) is 6. The summed E-state index contributed by atoms with van der Waals surface area (Å²) < 4.78 is 6.59. The summed E-state index contributed by atoms with van der Waals surface area (Å²) in [6.07, 6.45) is 3.45. The number of carbonyl (C=O) groups excluding carboxylic acids is 2. The molecule has 3 amide bonds. The first kappa shape index (κ1) is 29.0. The maximum absolute atomic E-state index is 13.4. The van der Waals surface area contributed by atoms with Crippen LogP contribution in [-0.4, -0.2) is 70.7 Å². The number of carbonyl (C=O) groups is 2. The molecule has 2 heterocycles. The van der Waals surface area contributed by atoms with E-state index >= 15 is 0 Å². The lowest BCUT2D eigenvalue weighted by Crippen LogP contribution is -2.47. The fraction of sp³-hybridized carbons (Fsp3) is 0.387. The molecule has 1 aliphatic heterocycles. The number of likely N-dealkylation sites (N-methyl/N-ethyl adjacent to an activating group) is 1. The van der Waals surface area contributed by atoms with Crippen LogP contribution < -0.4 is 15.4 Å². The third kappa shape index (κ3) is 7.80. The Morgan fingerprint density at radius 2 is 1.80 bits per heavy atom. The molecule has 212 valence electrons. The van der Waals surface area contributed by atoms with E-state index in [1.807, 2.05) is 63.4 Å². The van der Waals surface area contributed by atoms with Gasteiger partial charge in [0, 0.05) is 54.9 Å². The summed E-state index contributed by atoms with van der Waals surface area (Å²) in [7, 11) is 2.04. The van der Waals surface area contributed by atoms with Gasteiger partial charge in [0.05, 0.1) is 19.1 Å². The Kier molecular flexibility index (Phi) is 9.74. The van der Waals surface area contributed by atoms with E-state index in [0.29, 0.717) is 35.8 Å². The van der Waals surface area contributed by atoms with E-state index in [1.54, 1.807) is 29.4 Å². The SMILES string of the molecule is Cc1ccc(NC(=O)Nc2ccc3c(c2)CC(=O)N(C(C)CO)CC(C)C(CN(C)Cc2ccncc2)O3)cc1. The first-order chi connectivity index (χ1) is 19.2. The number of pyridine rings is 1. The predicted molar refractivity (Wildman–Crippen MR) is 156 cm³/mol. The van der Waals surface area contributed by atoms with Crippen LogP contribution in [0.5, 0.6) is 5.75 Å². The third-order valence-corrected chi connectivity index (χ3v) is 7.18. The Labute approximate surface area is 236 Å².